The highest BCUT2D eigenvalue weighted by Crippen LogP contribution is 2.38. The second-order valence-electron chi connectivity index (χ2n) is 7.76. The van der Waals surface area contributed by atoms with Crippen molar-refractivity contribution in [2.45, 2.75) is 6.61 Å². The molecule has 3 aromatic carbocycles. The Labute approximate surface area is 233 Å². The van der Waals surface area contributed by atoms with Crippen molar-refractivity contribution in [3.63, 3.8) is 0 Å². The number of thioether (sulfide) groups is 1. The average molecular weight is 650 g/mol. The average Bonchev–Trinajstić information content (AvgIpc) is 3.13. The first-order chi connectivity index (χ1) is 17.7. The van der Waals surface area contributed by atoms with Gasteiger partial charge < -0.3 is 14.8 Å². The molecule has 1 aliphatic heterocycles. The van der Waals surface area contributed by atoms with E-state index in [2.05, 4.69) is 37.2 Å². The van der Waals surface area contributed by atoms with Crippen LogP contribution in [0.3, 0.4) is 0 Å². The van der Waals surface area contributed by atoms with E-state index in [1.54, 1.807) is 18.2 Å². The lowest BCUT2D eigenvalue weighted by atomic mass is 10.1. The number of anilines is 1. The lowest BCUT2D eigenvalue weighted by Gasteiger charge is -2.13. The summed E-state index contributed by atoms with van der Waals surface area (Å²) >= 11 is 7.63. The van der Waals surface area contributed by atoms with Gasteiger partial charge in [0.05, 0.1) is 12.0 Å². The molecular weight excluding hydrogens is 631 g/mol. The summed E-state index contributed by atoms with van der Waals surface area (Å²) < 4.78 is 26.0. The number of hydrogen-bond acceptors (Lipinski definition) is 6. The first-order valence-corrected chi connectivity index (χ1v) is 13.2. The van der Waals surface area contributed by atoms with Crippen molar-refractivity contribution in [2.24, 2.45) is 0 Å². The van der Waals surface area contributed by atoms with Crippen molar-refractivity contribution in [3.05, 3.63) is 91.5 Å². The van der Waals surface area contributed by atoms with Crippen LogP contribution in [0.5, 0.6) is 11.5 Å². The summed E-state index contributed by atoms with van der Waals surface area (Å²) in [6.45, 7) is -0.138. The zero-order chi connectivity index (χ0) is 26.5. The molecule has 1 N–H and O–H groups in total. The predicted octanol–water partition coefficient (Wildman–Crippen LogP) is 6.61. The summed E-state index contributed by atoms with van der Waals surface area (Å²) in [5.74, 6) is -0.665. The van der Waals surface area contributed by atoms with Gasteiger partial charge in [0.2, 0.25) is 5.91 Å². The molecule has 1 saturated heterocycles. The Hall–Kier alpha value is -3.15. The molecule has 37 heavy (non-hydrogen) atoms. The van der Waals surface area contributed by atoms with Gasteiger partial charge in [-0.1, -0.05) is 44.0 Å². The second kappa shape index (κ2) is 11.9. The first-order valence-electron chi connectivity index (χ1n) is 10.8. The molecule has 3 amide bonds. The fraction of sp³-hybridized carbons (Fsp3) is 0.115. The maximum atomic E-state index is 13.1. The lowest BCUT2D eigenvalue weighted by molar-refractivity contribution is -0.127. The molecule has 0 spiro atoms. The second-order valence-corrected chi connectivity index (χ2v) is 10.5. The third kappa shape index (κ3) is 6.79. The Morgan fingerprint density at radius 2 is 1.76 bits per heavy atom. The van der Waals surface area contributed by atoms with Gasteiger partial charge in [0.1, 0.15) is 19.0 Å². The minimum Gasteiger partial charge on any atom is -0.493 e. The van der Waals surface area contributed by atoms with Crippen LogP contribution in [0.2, 0.25) is 0 Å². The van der Waals surface area contributed by atoms with Crippen molar-refractivity contribution in [1.82, 2.24) is 4.90 Å². The number of hydrogen-bond donors (Lipinski definition) is 1. The summed E-state index contributed by atoms with van der Waals surface area (Å²) in [5.41, 5.74) is 1.92. The number of benzene rings is 3. The number of carbonyl (C=O) groups is 3. The molecule has 190 valence electrons. The molecule has 3 aromatic rings. The SMILES string of the molecule is COc1cc(/C=C2\SC(=O)N(CC(=O)Nc3ccc(F)cc3)C2=O)c(Br)cc1OCc1ccc(Br)cc1. The van der Waals surface area contributed by atoms with Crippen LogP contribution in [0.25, 0.3) is 6.08 Å². The van der Waals surface area contributed by atoms with E-state index in [1.807, 2.05) is 24.3 Å². The standard InChI is InChI=1S/C26H19Br2FN2O5S/c1-35-21-10-16(20(28)12-22(21)36-14-15-2-4-17(27)5-3-15)11-23-25(33)31(26(34)37-23)13-24(32)30-19-8-6-18(29)7-9-19/h2-12H,13-14H2,1H3,(H,30,32)/b23-11-. The van der Waals surface area contributed by atoms with Crippen LogP contribution in [0.4, 0.5) is 14.9 Å². The van der Waals surface area contributed by atoms with Crippen LogP contribution >= 0.6 is 43.6 Å². The molecule has 0 saturated carbocycles. The van der Waals surface area contributed by atoms with Crippen molar-refractivity contribution in [1.29, 1.82) is 0 Å². The number of amides is 3. The topological polar surface area (TPSA) is 84.9 Å². The zero-order valence-electron chi connectivity index (χ0n) is 19.3. The molecule has 4 rings (SSSR count). The van der Waals surface area contributed by atoms with Crippen molar-refractivity contribution in [2.75, 3.05) is 19.0 Å². The summed E-state index contributed by atoms with van der Waals surface area (Å²) in [6.07, 6.45) is 1.55. The zero-order valence-corrected chi connectivity index (χ0v) is 23.3. The number of imide groups is 1. The van der Waals surface area contributed by atoms with Crippen molar-refractivity contribution < 1.29 is 28.2 Å². The monoisotopic (exact) mass is 648 g/mol. The Morgan fingerprint density at radius 1 is 1.05 bits per heavy atom. The van der Waals surface area contributed by atoms with Gasteiger partial charge in [-0.3, -0.25) is 19.3 Å². The predicted molar refractivity (Wildman–Crippen MR) is 147 cm³/mol. The number of methoxy groups -OCH3 is 1. The van der Waals surface area contributed by atoms with Crippen LogP contribution in [0.1, 0.15) is 11.1 Å². The van der Waals surface area contributed by atoms with Gasteiger partial charge in [-0.05, 0) is 77.5 Å². The number of halogens is 3. The van der Waals surface area contributed by atoms with Gasteiger partial charge in [-0.15, -0.1) is 0 Å². The van der Waals surface area contributed by atoms with Gasteiger partial charge in [0.15, 0.2) is 11.5 Å². The van der Waals surface area contributed by atoms with Crippen LogP contribution in [0.15, 0.2) is 74.5 Å². The highest BCUT2D eigenvalue weighted by atomic mass is 79.9. The van der Waals surface area contributed by atoms with Crippen LogP contribution in [-0.4, -0.2) is 35.6 Å². The summed E-state index contributed by atoms with van der Waals surface area (Å²) in [7, 11) is 1.51. The van der Waals surface area contributed by atoms with E-state index in [0.717, 1.165) is 26.7 Å². The molecule has 1 aliphatic rings. The van der Waals surface area contributed by atoms with E-state index >= 15 is 0 Å². The molecule has 0 unspecified atom stereocenters. The van der Waals surface area contributed by atoms with Gasteiger partial charge in [-0.25, -0.2) is 4.39 Å². The van der Waals surface area contributed by atoms with Crippen molar-refractivity contribution in [3.8, 4) is 11.5 Å². The number of ether oxygens (including phenoxy) is 2. The van der Waals surface area contributed by atoms with Crippen LogP contribution < -0.4 is 14.8 Å². The Balaban J connectivity index is 1.46. The van der Waals surface area contributed by atoms with Gasteiger partial charge >= 0.3 is 0 Å². The van der Waals surface area contributed by atoms with E-state index in [1.165, 1.54) is 31.4 Å². The van der Waals surface area contributed by atoms with E-state index < -0.39 is 29.4 Å². The minimum atomic E-state index is -0.592. The molecular formula is C26H19Br2FN2O5S. The maximum absolute atomic E-state index is 13.1. The Morgan fingerprint density at radius 3 is 2.43 bits per heavy atom. The van der Waals surface area contributed by atoms with E-state index in [0.29, 0.717) is 33.8 Å². The fourth-order valence-corrected chi connectivity index (χ4v) is 4.86. The largest absolute Gasteiger partial charge is 0.493 e. The molecule has 1 heterocycles. The molecule has 0 atom stereocenters. The molecule has 0 aromatic heterocycles. The molecule has 1 fully saturated rings. The van der Waals surface area contributed by atoms with Crippen LogP contribution in [-0.2, 0) is 16.2 Å². The highest BCUT2D eigenvalue weighted by molar-refractivity contribution is 9.10. The summed E-state index contributed by atoms with van der Waals surface area (Å²) in [6, 6.07) is 16.3. The van der Waals surface area contributed by atoms with E-state index in [-0.39, 0.29) is 4.91 Å². The Kier molecular flexibility index (Phi) is 8.67. The lowest BCUT2D eigenvalue weighted by Crippen LogP contribution is -2.36. The molecule has 7 nitrogen and oxygen atoms in total. The number of carbonyl (C=O) groups excluding carboxylic acids is 3. The number of nitrogens with zero attached hydrogens (tertiary/aromatic N) is 1. The minimum absolute atomic E-state index is 0.158. The van der Waals surface area contributed by atoms with Gasteiger partial charge in [-0.2, -0.15) is 0 Å². The van der Waals surface area contributed by atoms with Crippen LogP contribution in [0, 0.1) is 5.82 Å². The normalized spacial score (nSPS) is 14.3. The maximum Gasteiger partial charge on any atom is 0.294 e. The number of nitrogens with one attached hydrogen (secondary N) is 1. The summed E-state index contributed by atoms with van der Waals surface area (Å²) in [5, 5.41) is 1.97. The molecule has 0 aliphatic carbocycles. The van der Waals surface area contributed by atoms with Gasteiger partial charge in [0.25, 0.3) is 11.1 Å². The van der Waals surface area contributed by atoms with Gasteiger partial charge in [0, 0.05) is 14.6 Å². The Bertz CT molecular complexity index is 1380. The van der Waals surface area contributed by atoms with Crippen molar-refractivity contribution >= 4 is 72.4 Å². The third-order valence-electron chi connectivity index (χ3n) is 5.18. The quantitative estimate of drug-likeness (QED) is 0.276. The number of rotatable bonds is 8. The van der Waals surface area contributed by atoms with E-state index in [4.69, 9.17) is 9.47 Å². The first kappa shape index (κ1) is 26.9. The third-order valence-corrected chi connectivity index (χ3v) is 7.30. The molecule has 11 heteroatoms. The van der Waals surface area contributed by atoms with E-state index in [9.17, 15) is 18.8 Å². The smallest absolute Gasteiger partial charge is 0.294 e. The molecule has 0 radical (unpaired) electrons. The summed E-state index contributed by atoms with van der Waals surface area (Å²) in [4.78, 5) is 38.7. The fourth-order valence-electron chi connectivity index (χ4n) is 3.33. The highest BCUT2D eigenvalue weighted by Gasteiger charge is 2.36. The molecule has 0 bridgehead atoms.